The third-order valence-corrected chi connectivity index (χ3v) is 2.06. The van der Waals surface area contributed by atoms with Crippen LogP contribution in [0.1, 0.15) is 0 Å². The second-order valence-corrected chi connectivity index (χ2v) is 3.04. The Kier molecular flexibility index (Phi) is 1.68. The second kappa shape index (κ2) is 3.13. The highest BCUT2D eigenvalue weighted by Crippen LogP contribution is 2.13. The van der Waals surface area contributed by atoms with Crippen LogP contribution in [-0.2, 0) is 0 Å². The van der Waals surface area contributed by atoms with Crippen LogP contribution in [0.15, 0.2) is 43.2 Å². The summed E-state index contributed by atoms with van der Waals surface area (Å²) in [6.45, 7) is 0. The van der Waals surface area contributed by atoms with Crippen LogP contribution in [0.2, 0.25) is 0 Å². The summed E-state index contributed by atoms with van der Waals surface area (Å²) in [5.41, 5.74) is 1.53. The Labute approximate surface area is 85.5 Å². The van der Waals surface area contributed by atoms with Crippen LogP contribution in [0.4, 0.5) is 0 Å². The molecule has 5 nitrogen and oxygen atoms in total. The van der Waals surface area contributed by atoms with E-state index in [0.717, 1.165) is 11.4 Å². The van der Waals surface area contributed by atoms with E-state index in [4.69, 9.17) is 0 Å². The van der Waals surface area contributed by atoms with Gasteiger partial charge in [0.25, 0.3) is 0 Å². The minimum absolute atomic E-state index is 0.665. The summed E-state index contributed by atoms with van der Waals surface area (Å²) >= 11 is 0. The van der Waals surface area contributed by atoms with E-state index in [1.165, 1.54) is 0 Å². The number of fused-ring (bicyclic) bond motifs is 1. The van der Waals surface area contributed by atoms with Crippen molar-refractivity contribution in [2.75, 3.05) is 0 Å². The molecule has 3 rings (SSSR count). The number of hydrogen-bond donors (Lipinski definition) is 0. The molecule has 0 aliphatic heterocycles. The Morgan fingerprint density at radius 1 is 1.00 bits per heavy atom. The molecule has 0 spiro atoms. The minimum atomic E-state index is 0.665. The van der Waals surface area contributed by atoms with Crippen LogP contribution >= 0.6 is 0 Å². The second-order valence-electron chi connectivity index (χ2n) is 3.04. The van der Waals surface area contributed by atoms with Gasteiger partial charge in [0.2, 0.25) is 5.78 Å². The highest BCUT2D eigenvalue weighted by molar-refractivity contribution is 5.55. The van der Waals surface area contributed by atoms with Gasteiger partial charge < -0.3 is 0 Å². The minimum Gasteiger partial charge on any atom is -0.290 e. The maximum Gasteiger partial charge on any atom is 0.234 e. The SMILES string of the molecule is c1cnc2nc(-c3cnccn3)cn2c1. The van der Waals surface area contributed by atoms with E-state index < -0.39 is 0 Å². The van der Waals surface area contributed by atoms with Gasteiger partial charge in [-0.1, -0.05) is 0 Å². The highest BCUT2D eigenvalue weighted by Gasteiger charge is 2.04. The van der Waals surface area contributed by atoms with Crippen molar-refractivity contribution in [2.24, 2.45) is 0 Å². The molecule has 0 fully saturated rings. The van der Waals surface area contributed by atoms with Gasteiger partial charge in [0, 0.05) is 31.0 Å². The molecule has 5 heteroatoms. The molecular weight excluding hydrogens is 190 g/mol. The van der Waals surface area contributed by atoms with Gasteiger partial charge in [-0.3, -0.25) is 14.4 Å². The van der Waals surface area contributed by atoms with Crippen LogP contribution in [0.5, 0.6) is 0 Å². The third-order valence-electron chi connectivity index (χ3n) is 2.06. The smallest absolute Gasteiger partial charge is 0.234 e. The zero-order valence-electron chi connectivity index (χ0n) is 7.78. The summed E-state index contributed by atoms with van der Waals surface area (Å²) in [5, 5.41) is 0. The molecule has 3 heterocycles. The lowest BCUT2D eigenvalue weighted by Gasteiger charge is -1.90. The van der Waals surface area contributed by atoms with Gasteiger partial charge in [0.15, 0.2) is 0 Å². The first-order valence-electron chi connectivity index (χ1n) is 4.49. The van der Waals surface area contributed by atoms with Crippen LogP contribution in [0.25, 0.3) is 17.2 Å². The van der Waals surface area contributed by atoms with Gasteiger partial charge in [-0.25, -0.2) is 9.97 Å². The average molecular weight is 197 g/mol. The van der Waals surface area contributed by atoms with Crippen LogP contribution in [-0.4, -0.2) is 24.3 Å². The van der Waals surface area contributed by atoms with E-state index in [9.17, 15) is 0 Å². The lowest BCUT2D eigenvalue weighted by Crippen LogP contribution is -1.83. The van der Waals surface area contributed by atoms with E-state index in [2.05, 4.69) is 19.9 Å². The molecule has 3 aromatic rings. The fourth-order valence-electron chi connectivity index (χ4n) is 1.38. The number of imidazole rings is 1. The van der Waals surface area contributed by atoms with Crippen molar-refractivity contribution in [1.82, 2.24) is 24.3 Å². The zero-order chi connectivity index (χ0) is 10.1. The van der Waals surface area contributed by atoms with Crippen molar-refractivity contribution in [3.05, 3.63) is 43.2 Å². The molecule has 0 saturated carbocycles. The maximum absolute atomic E-state index is 4.33. The standard InChI is InChI=1S/C10H7N5/c1-2-13-10-14-9(7-15(10)5-1)8-6-11-3-4-12-8/h1-7H. The predicted octanol–water partition coefficient (Wildman–Crippen LogP) is 1.19. The molecule has 0 saturated heterocycles. The summed E-state index contributed by atoms with van der Waals surface area (Å²) in [6, 6.07) is 1.86. The largest absolute Gasteiger partial charge is 0.290 e. The molecule has 0 atom stereocenters. The molecule has 0 aliphatic rings. The van der Waals surface area contributed by atoms with Gasteiger partial charge >= 0.3 is 0 Å². The average Bonchev–Trinajstić information content (AvgIpc) is 2.74. The van der Waals surface area contributed by atoms with Crippen molar-refractivity contribution >= 4 is 5.78 Å². The van der Waals surface area contributed by atoms with E-state index in [0.29, 0.717) is 5.78 Å². The van der Waals surface area contributed by atoms with E-state index in [1.807, 2.05) is 22.9 Å². The number of rotatable bonds is 1. The Balaban J connectivity index is 2.21. The summed E-state index contributed by atoms with van der Waals surface area (Å²) < 4.78 is 1.85. The molecule has 0 radical (unpaired) electrons. The molecule has 0 amide bonds. The van der Waals surface area contributed by atoms with E-state index in [1.54, 1.807) is 24.8 Å². The topological polar surface area (TPSA) is 56.0 Å². The van der Waals surface area contributed by atoms with E-state index in [-0.39, 0.29) is 0 Å². The Bertz CT molecular complexity index is 554. The monoisotopic (exact) mass is 197 g/mol. The normalized spacial score (nSPS) is 10.7. The molecule has 0 N–H and O–H groups in total. The fraction of sp³-hybridized carbons (Fsp3) is 0. The maximum atomic E-state index is 4.33. The summed E-state index contributed by atoms with van der Waals surface area (Å²) in [4.78, 5) is 16.6. The molecule has 72 valence electrons. The van der Waals surface area contributed by atoms with Crippen molar-refractivity contribution in [3.63, 3.8) is 0 Å². The molecule has 0 aromatic carbocycles. The predicted molar refractivity (Wildman–Crippen MR) is 54.0 cm³/mol. The van der Waals surface area contributed by atoms with Crippen LogP contribution < -0.4 is 0 Å². The third kappa shape index (κ3) is 1.34. The number of hydrogen-bond acceptors (Lipinski definition) is 4. The fourth-order valence-corrected chi connectivity index (χ4v) is 1.38. The van der Waals surface area contributed by atoms with Gasteiger partial charge in [0.05, 0.1) is 6.20 Å². The van der Waals surface area contributed by atoms with Crippen molar-refractivity contribution in [2.45, 2.75) is 0 Å². The Hall–Kier alpha value is -2.30. The number of nitrogens with zero attached hydrogens (tertiary/aromatic N) is 5. The first-order chi connectivity index (χ1) is 7.43. The molecule has 15 heavy (non-hydrogen) atoms. The van der Waals surface area contributed by atoms with Crippen molar-refractivity contribution in [1.29, 1.82) is 0 Å². The molecule has 3 aromatic heterocycles. The lowest BCUT2D eigenvalue weighted by atomic mass is 10.3. The van der Waals surface area contributed by atoms with Crippen molar-refractivity contribution in [3.8, 4) is 11.4 Å². The quantitative estimate of drug-likeness (QED) is 0.588. The van der Waals surface area contributed by atoms with Gasteiger partial charge in [-0.05, 0) is 6.07 Å². The van der Waals surface area contributed by atoms with Gasteiger partial charge in [-0.2, -0.15) is 0 Å². The Morgan fingerprint density at radius 3 is 2.80 bits per heavy atom. The first-order valence-corrected chi connectivity index (χ1v) is 4.49. The summed E-state index contributed by atoms with van der Waals surface area (Å²) in [7, 11) is 0. The highest BCUT2D eigenvalue weighted by atomic mass is 15.1. The molecule has 0 bridgehead atoms. The number of aromatic nitrogens is 5. The molecule has 0 unspecified atom stereocenters. The van der Waals surface area contributed by atoms with Crippen LogP contribution in [0, 0.1) is 0 Å². The lowest BCUT2D eigenvalue weighted by molar-refractivity contribution is 1.11. The zero-order valence-corrected chi connectivity index (χ0v) is 7.78. The molecular formula is C10H7N5. The first kappa shape index (κ1) is 8.05. The van der Waals surface area contributed by atoms with E-state index >= 15 is 0 Å². The van der Waals surface area contributed by atoms with Gasteiger partial charge in [0.1, 0.15) is 11.4 Å². The molecule has 0 aliphatic carbocycles. The van der Waals surface area contributed by atoms with Crippen LogP contribution in [0.3, 0.4) is 0 Å². The summed E-state index contributed by atoms with van der Waals surface area (Å²) in [5.74, 6) is 0.665. The Morgan fingerprint density at radius 2 is 2.00 bits per heavy atom. The summed E-state index contributed by atoms with van der Waals surface area (Å²) in [6.07, 6.45) is 10.5. The van der Waals surface area contributed by atoms with Crippen molar-refractivity contribution < 1.29 is 0 Å². The van der Waals surface area contributed by atoms with Gasteiger partial charge in [-0.15, -0.1) is 0 Å².